The van der Waals surface area contributed by atoms with Crippen LogP contribution in [0.3, 0.4) is 0 Å². The number of carbonyl (C=O) groups is 1. The minimum absolute atomic E-state index is 0.0248. The third-order valence-corrected chi connectivity index (χ3v) is 5.38. The topological polar surface area (TPSA) is 79.4 Å². The Morgan fingerprint density at radius 3 is 2.62 bits per heavy atom. The van der Waals surface area contributed by atoms with Gasteiger partial charge in [0.2, 0.25) is 15.9 Å². The summed E-state index contributed by atoms with van der Waals surface area (Å²) >= 11 is 6.19. The molecular formula is C18H22ClN3O3S. The first-order valence-corrected chi connectivity index (χ1v) is 10.3. The Hall–Kier alpha value is -1.96. The summed E-state index contributed by atoms with van der Waals surface area (Å²) in [5, 5.41) is 3.24. The summed E-state index contributed by atoms with van der Waals surface area (Å²) in [6.07, 6.45) is 4.38. The van der Waals surface area contributed by atoms with Gasteiger partial charge in [0.05, 0.1) is 17.0 Å². The molecule has 0 aliphatic carbocycles. The Kier molecular flexibility index (Phi) is 6.75. The third-order valence-electron chi connectivity index (χ3n) is 3.84. The molecule has 26 heavy (non-hydrogen) atoms. The maximum Gasteiger partial charge on any atom is 0.225 e. The lowest BCUT2D eigenvalue weighted by Crippen LogP contribution is -2.32. The highest BCUT2D eigenvalue weighted by molar-refractivity contribution is 7.88. The van der Waals surface area contributed by atoms with Crippen LogP contribution < -0.4 is 5.32 Å². The molecule has 8 heteroatoms. The van der Waals surface area contributed by atoms with E-state index in [1.807, 2.05) is 19.9 Å². The quantitative estimate of drug-likeness (QED) is 0.781. The molecule has 2 rings (SSSR count). The maximum atomic E-state index is 12.3. The van der Waals surface area contributed by atoms with Crippen molar-refractivity contribution in [2.24, 2.45) is 0 Å². The van der Waals surface area contributed by atoms with Gasteiger partial charge < -0.3 is 5.32 Å². The average Bonchev–Trinajstić information content (AvgIpc) is 2.54. The smallest absolute Gasteiger partial charge is 0.225 e. The van der Waals surface area contributed by atoms with Crippen molar-refractivity contribution in [2.45, 2.75) is 26.8 Å². The summed E-state index contributed by atoms with van der Waals surface area (Å²) in [5.41, 5.74) is 3.18. The Balaban J connectivity index is 2.03. The standard InChI is InChI=1S/C18H22ClN3O3S/c1-13-9-14(2)18(16(19)10-13)21-17(23)6-8-22(26(3,24)25)12-15-5-4-7-20-11-15/h4-5,7,9-11H,6,8,12H2,1-3H3,(H,21,23). The van der Waals surface area contributed by atoms with Crippen LogP contribution in [0.4, 0.5) is 5.69 Å². The molecule has 0 bridgehead atoms. The predicted octanol–water partition coefficient (Wildman–Crippen LogP) is 3.14. The number of amides is 1. The van der Waals surface area contributed by atoms with E-state index in [-0.39, 0.29) is 25.4 Å². The predicted molar refractivity (Wildman–Crippen MR) is 104 cm³/mol. The number of hydrogen-bond donors (Lipinski definition) is 1. The first-order valence-electron chi connectivity index (χ1n) is 8.07. The van der Waals surface area contributed by atoms with Crippen molar-refractivity contribution >= 4 is 33.2 Å². The molecule has 0 spiro atoms. The van der Waals surface area contributed by atoms with Gasteiger partial charge in [-0.2, -0.15) is 4.31 Å². The zero-order valence-electron chi connectivity index (χ0n) is 15.0. The van der Waals surface area contributed by atoms with E-state index in [1.54, 1.807) is 30.6 Å². The number of rotatable bonds is 7. The van der Waals surface area contributed by atoms with Crippen molar-refractivity contribution < 1.29 is 13.2 Å². The number of halogens is 1. The van der Waals surface area contributed by atoms with Crippen LogP contribution in [0, 0.1) is 13.8 Å². The van der Waals surface area contributed by atoms with Crippen LogP contribution in [0.25, 0.3) is 0 Å². The van der Waals surface area contributed by atoms with Crippen molar-refractivity contribution in [3.63, 3.8) is 0 Å². The van der Waals surface area contributed by atoms with E-state index in [1.165, 1.54) is 4.31 Å². The Labute approximate surface area is 159 Å². The highest BCUT2D eigenvalue weighted by Gasteiger charge is 2.19. The monoisotopic (exact) mass is 395 g/mol. The van der Waals surface area contributed by atoms with Gasteiger partial charge in [-0.1, -0.05) is 23.7 Å². The summed E-state index contributed by atoms with van der Waals surface area (Å²) < 4.78 is 25.3. The molecule has 1 heterocycles. The molecule has 0 saturated heterocycles. The van der Waals surface area contributed by atoms with Gasteiger partial charge in [-0.3, -0.25) is 9.78 Å². The minimum Gasteiger partial charge on any atom is -0.325 e. The molecular weight excluding hydrogens is 374 g/mol. The molecule has 1 aromatic carbocycles. The number of sulfonamides is 1. The number of nitrogens with one attached hydrogen (secondary N) is 1. The Morgan fingerprint density at radius 2 is 2.04 bits per heavy atom. The van der Waals surface area contributed by atoms with Crippen LogP contribution in [0.2, 0.25) is 5.02 Å². The van der Waals surface area contributed by atoms with Gasteiger partial charge in [0.25, 0.3) is 0 Å². The van der Waals surface area contributed by atoms with Gasteiger partial charge in [-0.15, -0.1) is 0 Å². The number of benzene rings is 1. The highest BCUT2D eigenvalue weighted by Crippen LogP contribution is 2.27. The van der Waals surface area contributed by atoms with Crippen molar-refractivity contribution in [3.8, 4) is 0 Å². The summed E-state index contributed by atoms with van der Waals surface area (Å²) in [5.74, 6) is -0.293. The van der Waals surface area contributed by atoms with Crippen LogP contribution in [0.5, 0.6) is 0 Å². The van der Waals surface area contributed by atoms with Crippen LogP contribution in [-0.2, 0) is 21.4 Å². The van der Waals surface area contributed by atoms with Crippen LogP contribution in [0.15, 0.2) is 36.7 Å². The second-order valence-electron chi connectivity index (χ2n) is 6.19. The number of anilines is 1. The van der Waals surface area contributed by atoms with Gasteiger partial charge >= 0.3 is 0 Å². The molecule has 6 nitrogen and oxygen atoms in total. The molecule has 0 aliphatic heterocycles. The van der Waals surface area contributed by atoms with E-state index < -0.39 is 10.0 Å². The van der Waals surface area contributed by atoms with Crippen LogP contribution in [0.1, 0.15) is 23.1 Å². The number of carbonyl (C=O) groups excluding carboxylic acids is 1. The molecule has 0 aliphatic rings. The summed E-state index contributed by atoms with van der Waals surface area (Å²) in [7, 11) is -3.45. The van der Waals surface area contributed by atoms with Crippen molar-refractivity contribution in [1.29, 1.82) is 0 Å². The van der Waals surface area contributed by atoms with Crippen molar-refractivity contribution in [3.05, 3.63) is 58.4 Å². The van der Waals surface area contributed by atoms with Gasteiger partial charge in [-0.25, -0.2) is 8.42 Å². The van der Waals surface area contributed by atoms with Crippen molar-refractivity contribution in [2.75, 3.05) is 18.1 Å². The zero-order chi connectivity index (χ0) is 19.3. The molecule has 1 aromatic heterocycles. The van der Waals surface area contributed by atoms with Gasteiger partial charge in [0, 0.05) is 31.9 Å². The lowest BCUT2D eigenvalue weighted by Gasteiger charge is -2.20. The number of nitrogens with zero attached hydrogens (tertiary/aromatic N) is 2. The van der Waals surface area contributed by atoms with E-state index in [4.69, 9.17) is 11.6 Å². The van der Waals surface area contributed by atoms with Gasteiger partial charge in [0.1, 0.15) is 0 Å². The van der Waals surface area contributed by atoms with Crippen LogP contribution in [-0.4, -0.2) is 36.4 Å². The molecule has 0 atom stereocenters. The summed E-state index contributed by atoms with van der Waals surface area (Å²) in [6, 6.07) is 7.23. The third kappa shape index (κ3) is 5.79. The fraction of sp³-hybridized carbons (Fsp3) is 0.333. The molecule has 140 valence electrons. The molecule has 0 saturated carbocycles. The zero-order valence-corrected chi connectivity index (χ0v) is 16.6. The molecule has 1 N–H and O–H groups in total. The molecule has 2 aromatic rings. The molecule has 0 fully saturated rings. The molecule has 0 unspecified atom stereocenters. The largest absolute Gasteiger partial charge is 0.325 e. The first-order chi connectivity index (χ1) is 12.2. The van der Waals surface area contributed by atoms with Gasteiger partial charge in [-0.05, 0) is 42.7 Å². The summed E-state index contributed by atoms with van der Waals surface area (Å²) in [6.45, 7) is 4.03. The maximum absolute atomic E-state index is 12.3. The number of hydrogen-bond acceptors (Lipinski definition) is 4. The fourth-order valence-corrected chi connectivity index (χ4v) is 3.73. The summed E-state index contributed by atoms with van der Waals surface area (Å²) in [4.78, 5) is 16.3. The van der Waals surface area contributed by atoms with E-state index in [0.29, 0.717) is 10.7 Å². The fourth-order valence-electron chi connectivity index (χ4n) is 2.56. The minimum atomic E-state index is -3.45. The second-order valence-corrected chi connectivity index (χ2v) is 8.58. The Morgan fingerprint density at radius 1 is 1.31 bits per heavy atom. The highest BCUT2D eigenvalue weighted by atomic mass is 35.5. The lowest BCUT2D eigenvalue weighted by molar-refractivity contribution is -0.116. The van der Waals surface area contributed by atoms with E-state index in [2.05, 4.69) is 10.3 Å². The SMILES string of the molecule is Cc1cc(C)c(NC(=O)CCN(Cc2cccnc2)S(C)(=O)=O)c(Cl)c1. The average molecular weight is 396 g/mol. The molecule has 0 radical (unpaired) electrons. The van der Waals surface area contributed by atoms with E-state index >= 15 is 0 Å². The normalized spacial score (nSPS) is 11.6. The second kappa shape index (κ2) is 8.62. The number of aromatic nitrogens is 1. The van der Waals surface area contributed by atoms with E-state index in [0.717, 1.165) is 22.9 Å². The van der Waals surface area contributed by atoms with Crippen LogP contribution >= 0.6 is 11.6 Å². The Bertz CT molecular complexity index is 863. The van der Waals surface area contributed by atoms with Gasteiger partial charge in [0.15, 0.2) is 0 Å². The van der Waals surface area contributed by atoms with Crippen molar-refractivity contribution in [1.82, 2.24) is 9.29 Å². The number of pyridine rings is 1. The lowest BCUT2D eigenvalue weighted by atomic mass is 10.1. The van der Waals surface area contributed by atoms with E-state index in [9.17, 15) is 13.2 Å². The first kappa shape index (κ1) is 20.4. The number of aryl methyl sites for hydroxylation is 2. The molecule has 1 amide bonds.